The van der Waals surface area contributed by atoms with Gasteiger partial charge in [0, 0.05) is 5.56 Å². The molecule has 22 heavy (non-hydrogen) atoms. The van der Waals surface area contributed by atoms with Gasteiger partial charge in [0.2, 0.25) is 0 Å². The Morgan fingerprint density at radius 2 is 1.64 bits per heavy atom. The summed E-state index contributed by atoms with van der Waals surface area (Å²) in [5.41, 5.74) is 5.55. The summed E-state index contributed by atoms with van der Waals surface area (Å²) in [6, 6.07) is 16.9. The molecule has 2 bridgehead atoms. The molecule has 0 N–H and O–H groups in total. The first-order valence-electron chi connectivity index (χ1n) is 8.26. The van der Waals surface area contributed by atoms with Crippen molar-refractivity contribution in [1.29, 1.82) is 0 Å². The molecule has 0 radical (unpaired) electrons. The van der Waals surface area contributed by atoms with Crippen molar-refractivity contribution in [2.75, 3.05) is 0 Å². The molecule has 2 aromatic rings. The Kier molecular flexibility index (Phi) is 2.84. The zero-order valence-corrected chi connectivity index (χ0v) is 13.6. The van der Waals surface area contributed by atoms with E-state index in [0.717, 1.165) is 17.3 Å². The Bertz CT molecular complexity index is 742. The fourth-order valence-electron chi connectivity index (χ4n) is 4.39. The summed E-state index contributed by atoms with van der Waals surface area (Å²) in [4.78, 5) is 4.98. The second-order valence-electron chi connectivity index (χ2n) is 7.58. The van der Waals surface area contributed by atoms with Crippen LogP contribution in [-0.2, 0) is 0 Å². The maximum Gasteiger partial charge on any atom is 0.0709 e. The Labute approximate surface area is 133 Å². The van der Waals surface area contributed by atoms with Gasteiger partial charge in [0.25, 0.3) is 0 Å². The van der Waals surface area contributed by atoms with Gasteiger partial charge >= 0.3 is 0 Å². The fraction of sp³-hybridized carbons (Fsp3) is 0.381. The predicted octanol–water partition coefficient (Wildman–Crippen LogP) is 5.59. The molecule has 0 aliphatic heterocycles. The van der Waals surface area contributed by atoms with E-state index in [1.54, 1.807) is 0 Å². The molecular weight excluding hydrogens is 266 g/mol. The monoisotopic (exact) mass is 289 g/mol. The van der Waals surface area contributed by atoms with E-state index in [2.05, 4.69) is 75.4 Å². The van der Waals surface area contributed by atoms with Gasteiger partial charge in [0.05, 0.1) is 11.4 Å². The van der Waals surface area contributed by atoms with E-state index in [1.165, 1.54) is 24.0 Å². The number of pyridine rings is 1. The summed E-state index contributed by atoms with van der Waals surface area (Å²) in [5.74, 6) is 0.846. The third-order valence-electron chi connectivity index (χ3n) is 6.39. The number of fused-ring (bicyclic) bond motifs is 1. The van der Waals surface area contributed by atoms with Crippen LogP contribution in [0.15, 0.2) is 54.6 Å². The minimum Gasteiger partial charge on any atom is -0.248 e. The van der Waals surface area contributed by atoms with Gasteiger partial charge in [-0.1, -0.05) is 63.2 Å². The van der Waals surface area contributed by atoms with E-state index in [9.17, 15) is 0 Å². The molecule has 2 atom stereocenters. The highest BCUT2D eigenvalue weighted by Crippen LogP contribution is 2.69. The highest BCUT2D eigenvalue weighted by molar-refractivity contribution is 5.73. The smallest absolute Gasteiger partial charge is 0.0709 e. The van der Waals surface area contributed by atoms with E-state index >= 15 is 0 Å². The number of aromatic nitrogens is 1. The lowest BCUT2D eigenvalue weighted by molar-refractivity contribution is -0.0695. The summed E-state index contributed by atoms with van der Waals surface area (Å²) in [7, 11) is 0. The number of rotatable bonds is 2. The van der Waals surface area contributed by atoms with Crippen molar-refractivity contribution in [3.05, 3.63) is 60.3 Å². The Morgan fingerprint density at radius 3 is 2.36 bits per heavy atom. The maximum absolute atomic E-state index is 4.98. The zero-order valence-electron chi connectivity index (χ0n) is 13.6. The van der Waals surface area contributed by atoms with Crippen LogP contribution in [0.4, 0.5) is 0 Å². The van der Waals surface area contributed by atoms with E-state index in [0.29, 0.717) is 5.41 Å². The molecule has 1 heteroatoms. The van der Waals surface area contributed by atoms with Crippen LogP contribution < -0.4 is 0 Å². The first-order chi connectivity index (χ1) is 10.5. The average Bonchev–Trinajstić information content (AvgIpc) is 2.55. The van der Waals surface area contributed by atoms with Gasteiger partial charge in [-0.05, 0) is 47.3 Å². The van der Waals surface area contributed by atoms with E-state index < -0.39 is 0 Å². The molecule has 1 fully saturated rings. The van der Waals surface area contributed by atoms with Crippen molar-refractivity contribution in [2.45, 2.75) is 33.6 Å². The average molecular weight is 289 g/mol. The van der Waals surface area contributed by atoms with Gasteiger partial charge in [-0.3, -0.25) is 0 Å². The van der Waals surface area contributed by atoms with Gasteiger partial charge in [-0.2, -0.15) is 0 Å². The van der Waals surface area contributed by atoms with Crippen LogP contribution in [0.1, 0.15) is 39.3 Å². The summed E-state index contributed by atoms with van der Waals surface area (Å²) in [5, 5.41) is 0. The number of benzene rings is 1. The van der Waals surface area contributed by atoms with Crippen LogP contribution in [0.25, 0.3) is 16.8 Å². The fourth-order valence-corrected chi connectivity index (χ4v) is 4.39. The molecule has 0 unspecified atom stereocenters. The minimum atomic E-state index is 0.276. The normalized spacial score (nSPS) is 28.7. The molecule has 3 aliphatic carbocycles. The van der Waals surface area contributed by atoms with Crippen LogP contribution in [0, 0.1) is 16.7 Å². The van der Waals surface area contributed by atoms with Gasteiger partial charge < -0.3 is 0 Å². The largest absolute Gasteiger partial charge is 0.248 e. The third-order valence-corrected chi connectivity index (χ3v) is 6.39. The number of allylic oxidation sites excluding steroid dienone is 2. The Hall–Kier alpha value is -1.89. The standard InChI is InChI=1S/C21H23N/c1-20(2)16-12-13-17(21(20,3)14-16)19-11-7-10-18(22-19)15-8-5-4-6-9-15/h4-11,13,16H,12,14H2,1-3H3/t16-,21+/m1/s1. The van der Waals surface area contributed by atoms with Crippen LogP contribution in [0.3, 0.4) is 0 Å². The Balaban J connectivity index is 1.77. The number of hydrogen-bond donors (Lipinski definition) is 0. The first-order valence-corrected chi connectivity index (χ1v) is 8.26. The Morgan fingerprint density at radius 1 is 0.909 bits per heavy atom. The second kappa shape index (κ2) is 4.55. The highest BCUT2D eigenvalue weighted by Gasteiger charge is 2.60. The lowest BCUT2D eigenvalue weighted by Crippen LogP contribution is -2.55. The van der Waals surface area contributed by atoms with Crippen molar-refractivity contribution < 1.29 is 0 Å². The van der Waals surface area contributed by atoms with Gasteiger partial charge in [0.15, 0.2) is 0 Å². The highest BCUT2D eigenvalue weighted by atomic mass is 14.7. The molecule has 1 aromatic carbocycles. The molecule has 1 heterocycles. The number of nitrogens with zero attached hydrogens (tertiary/aromatic N) is 1. The second-order valence-corrected chi connectivity index (χ2v) is 7.58. The quantitative estimate of drug-likeness (QED) is 0.702. The van der Waals surface area contributed by atoms with E-state index in [1.807, 2.05) is 0 Å². The third kappa shape index (κ3) is 1.75. The van der Waals surface area contributed by atoms with Gasteiger partial charge in [-0.15, -0.1) is 0 Å². The molecule has 0 spiro atoms. The van der Waals surface area contributed by atoms with Crippen LogP contribution in [0.2, 0.25) is 0 Å². The van der Waals surface area contributed by atoms with E-state index in [-0.39, 0.29) is 5.41 Å². The minimum absolute atomic E-state index is 0.276. The molecule has 112 valence electrons. The van der Waals surface area contributed by atoms with Crippen molar-refractivity contribution >= 4 is 5.57 Å². The molecule has 1 aromatic heterocycles. The van der Waals surface area contributed by atoms with Crippen LogP contribution >= 0.6 is 0 Å². The molecule has 1 nitrogen and oxygen atoms in total. The summed E-state index contributed by atoms with van der Waals surface area (Å²) in [6.07, 6.45) is 4.95. The van der Waals surface area contributed by atoms with Gasteiger partial charge in [0.1, 0.15) is 0 Å². The molecule has 3 aliphatic rings. The zero-order chi connectivity index (χ0) is 15.4. The first kappa shape index (κ1) is 13.8. The topological polar surface area (TPSA) is 12.9 Å². The maximum atomic E-state index is 4.98. The summed E-state index contributed by atoms with van der Waals surface area (Å²) in [6.45, 7) is 7.27. The molecule has 5 rings (SSSR count). The van der Waals surface area contributed by atoms with Crippen molar-refractivity contribution in [1.82, 2.24) is 4.98 Å². The van der Waals surface area contributed by atoms with Gasteiger partial charge in [-0.25, -0.2) is 4.98 Å². The summed E-state index contributed by atoms with van der Waals surface area (Å²) >= 11 is 0. The van der Waals surface area contributed by atoms with Crippen molar-refractivity contribution in [2.24, 2.45) is 16.7 Å². The number of hydrogen-bond acceptors (Lipinski definition) is 1. The molecule has 0 saturated heterocycles. The molecular formula is C21H23N. The SMILES string of the molecule is CC1(C)[C@@H]2CC=C(c3cccc(-c4ccccc4)n3)[C@]1(C)C2. The molecule has 0 amide bonds. The van der Waals surface area contributed by atoms with E-state index in [4.69, 9.17) is 4.98 Å². The molecule has 1 saturated carbocycles. The van der Waals surface area contributed by atoms with Crippen LogP contribution in [0.5, 0.6) is 0 Å². The van der Waals surface area contributed by atoms with Crippen LogP contribution in [-0.4, -0.2) is 4.98 Å². The van der Waals surface area contributed by atoms with Crippen molar-refractivity contribution in [3.63, 3.8) is 0 Å². The van der Waals surface area contributed by atoms with Crippen molar-refractivity contribution in [3.8, 4) is 11.3 Å². The lowest BCUT2D eigenvalue weighted by atomic mass is 9.40. The summed E-state index contributed by atoms with van der Waals surface area (Å²) < 4.78 is 0. The lowest BCUT2D eigenvalue weighted by Gasteiger charge is -2.64. The predicted molar refractivity (Wildman–Crippen MR) is 92.3 cm³/mol.